The van der Waals surface area contributed by atoms with Gasteiger partial charge in [0.2, 0.25) is 5.95 Å². The summed E-state index contributed by atoms with van der Waals surface area (Å²) in [6, 6.07) is 4.32. The molecule has 2 atom stereocenters. The molecule has 9 nitrogen and oxygen atoms in total. The quantitative estimate of drug-likeness (QED) is 0.516. The van der Waals surface area contributed by atoms with E-state index in [1.54, 1.807) is 17.1 Å². The number of aryl methyl sites for hydroxylation is 1. The van der Waals surface area contributed by atoms with Crippen molar-refractivity contribution in [2.75, 3.05) is 36.5 Å². The van der Waals surface area contributed by atoms with E-state index >= 15 is 0 Å². The second-order valence-electron chi connectivity index (χ2n) is 8.36. The number of halogens is 3. The van der Waals surface area contributed by atoms with Crippen LogP contribution < -0.4 is 15.5 Å². The number of ether oxygens (including phenoxy) is 1. The average Bonchev–Trinajstić information content (AvgIpc) is 3.15. The third-order valence-electron chi connectivity index (χ3n) is 5.19. The zero-order chi connectivity index (χ0) is 23.6. The third-order valence-corrected chi connectivity index (χ3v) is 5.19. The predicted molar refractivity (Wildman–Crippen MR) is 119 cm³/mol. The first-order valence-corrected chi connectivity index (χ1v) is 10.8. The Kier molecular flexibility index (Phi) is 6.66. The van der Waals surface area contributed by atoms with Gasteiger partial charge in [0.05, 0.1) is 19.3 Å². The molecular formula is C21H27F3N8O. The number of nitrogens with one attached hydrogen (secondary N) is 2. The highest BCUT2D eigenvalue weighted by molar-refractivity contribution is 5.88. The fraction of sp³-hybridized carbons (Fsp3) is 0.524. The molecule has 0 aliphatic carbocycles. The van der Waals surface area contributed by atoms with Gasteiger partial charge >= 0.3 is 6.18 Å². The number of hydrogen-bond donors (Lipinski definition) is 2. The van der Waals surface area contributed by atoms with Crippen molar-refractivity contribution >= 4 is 28.6 Å². The fourth-order valence-corrected chi connectivity index (χ4v) is 3.88. The van der Waals surface area contributed by atoms with Gasteiger partial charge in [-0.2, -0.15) is 23.3 Å². The van der Waals surface area contributed by atoms with Gasteiger partial charge in [0.15, 0.2) is 5.82 Å². The Morgan fingerprint density at radius 2 is 1.91 bits per heavy atom. The Hall–Kier alpha value is -2.99. The van der Waals surface area contributed by atoms with E-state index in [0.29, 0.717) is 28.6 Å². The van der Waals surface area contributed by atoms with Crippen molar-refractivity contribution in [2.24, 2.45) is 0 Å². The van der Waals surface area contributed by atoms with Crippen molar-refractivity contribution in [3.63, 3.8) is 0 Å². The molecule has 1 fully saturated rings. The lowest BCUT2D eigenvalue weighted by atomic mass is 10.1. The molecule has 1 saturated heterocycles. The summed E-state index contributed by atoms with van der Waals surface area (Å²) in [6.45, 7) is 6.33. The molecule has 0 spiro atoms. The molecule has 33 heavy (non-hydrogen) atoms. The van der Waals surface area contributed by atoms with Crippen LogP contribution in [-0.4, -0.2) is 69.3 Å². The number of piperazine rings is 1. The number of hydrogen-bond acceptors (Lipinski definition) is 8. The monoisotopic (exact) mass is 464 g/mol. The molecule has 0 amide bonds. The van der Waals surface area contributed by atoms with E-state index in [-0.39, 0.29) is 25.2 Å². The van der Waals surface area contributed by atoms with E-state index in [1.165, 1.54) is 0 Å². The molecule has 4 heterocycles. The number of fused-ring (bicyclic) bond motifs is 1. The van der Waals surface area contributed by atoms with Gasteiger partial charge < -0.3 is 20.3 Å². The van der Waals surface area contributed by atoms with Gasteiger partial charge in [-0.25, -0.2) is 9.97 Å². The second kappa shape index (κ2) is 9.48. The molecular weight excluding hydrogens is 437 g/mol. The van der Waals surface area contributed by atoms with Crippen LogP contribution in [0.1, 0.15) is 19.4 Å². The zero-order valence-corrected chi connectivity index (χ0v) is 18.7. The number of anilines is 3. The largest absolute Gasteiger partial charge is 0.411 e. The first-order valence-electron chi connectivity index (χ1n) is 10.8. The maximum Gasteiger partial charge on any atom is 0.411 e. The number of pyridine rings is 1. The Morgan fingerprint density at radius 3 is 2.58 bits per heavy atom. The van der Waals surface area contributed by atoms with E-state index in [0.717, 1.165) is 18.7 Å². The zero-order valence-electron chi connectivity index (χ0n) is 18.7. The second-order valence-corrected chi connectivity index (χ2v) is 8.36. The minimum atomic E-state index is -4.37. The van der Waals surface area contributed by atoms with Crippen LogP contribution in [0.3, 0.4) is 0 Å². The van der Waals surface area contributed by atoms with Crippen LogP contribution >= 0.6 is 0 Å². The molecule has 0 radical (unpaired) electrons. The smallest absolute Gasteiger partial charge is 0.370 e. The summed E-state index contributed by atoms with van der Waals surface area (Å²) < 4.78 is 43.5. The number of aromatic nitrogens is 5. The van der Waals surface area contributed by atoms with E-state index in [9.17, 15) is 13.2 Å². The van der Waals surface area contributed by atoms with Crippen LogP contribution in [0.2, 0.25) is 0 Å². The van der Waals surface area contributed by atoms with Gasteiger partial charge in [-0.3, -0.25) is 4.68 Å². The Bertz CT molecular complexity index is 1080. The van der Waals surface area contributed by atoms with Gasteiger partial charge in [0.1, 0.15) is 23.5 Å². The first-order chi connectivity index (χ1) is 15.7. The van der Waals surface area contributed by atoms with Crippen LogP contribution in [0.25, 0.3) is 11.0 Å². The maximum absolute atomic E-state index is 12.4. The van der Waals surface area contributed by atoms with Crippen molar-refractivity contribution in [1.29, 1.82) is 0 Å². The average molecular weight is 464 g/mol. The summed E-state index contributed by atoms with van der Waals surface area (Å²) in [7, 11) is 0. The Labute approximate surface area is 189 Å². The molecule has 0 saturated carbocycles. The summed E-state index contributed by atoms with van der Waals surface area (Å²) in [6.07, 6.45) is -1.04. The van der Waals surface area contributed by atoms with Crippen molar-refractivity contribution in [1.82, 2.24) is 30.0 Å². The molecule has 0 bridgehead atoms. The number of alkyl halides is 3. The van der Waals surface area contributed by atoms with Gasteiger partial charge in [-0.1, -0.05) is 6.07 Å². The standard InChI is InChI=1S/C21H27F3N8O/c1-13-4-5-17(25-8-13)29-19-18-16(9-26-32(18)6-7-33-12-21(22,23)24)28-20(30-19)31-10-14(2)27-15(3)11-31/h4-5,8-9,14-15,27H,6-7,10-12H2,1-3H3,(H,25,28,29,30)/t14-,15+. The molecule has 0 unspecified atom stereocenters. The highest BCUT2D eigenvalue weighted by Gasteiger charge is 2.28. The van der Waals surface area contributed by atoms with Crippen molar-refractivity contribution < 1.29 is 17.9 Å². The number of nitrogens with zero attached hydrogens (tertiary/aromatic N) is 6. The van der Waals surface area contributed by atoms with Gasteiger partial charge in [-0.05, 0) is 32.4 Å². The minimum Gasteiger partial charge on any atom is -0.370 e. The molecule has 1 aliphatic rings. The molecule has 3 aromatic rings. The normalized spacial score (nSPS) is 19.3. The number of rotatable bonds is 7. The first kappa shape index (κ1) is 23.2. The Balaban J connectivity index is 1.65. The summed E-state index contributed by atoms with van der Waals surface area (Å²) in [5.74, 6) is 1.64. The Morgan fingerprint density at radius 1 is 1.15 bits per heavy atom. The van der Waals surface area contributed by atoms with Crippen LogP contribution in [0.5, 0.6) is 0 Å². The third kappa shape index (κ3) is 5.88. The topological polar surface area (TPSA) is 93.0 Å². The van der Waals surface area contributed by atoms with E-state index in [2.05, 4.69) is 39.5 Å². The maximum atomic E-state index is 12.4. The summed E-state index contributed by atoms with van der Waals surface area (Å²) in [4.78, 5) is 16.0. The van der Waals surface area contributed by atoms with Crippen molar-refractivity contribution in [3.05, 3.63) is 30.1 Å². The highest BCUT2D eigenvalue weighted by atomic mass is 19.4. The van der Waals surface area contributed by atoms with E-state index in [1.807, 2.05) is 19.1 Å². The molecule has 0 aromatic carbocycles. The lowest BCUT2D eigenvalue weighted by Gasteiger charge is -2.36. The summed E-state index contributed by atoms with van der Waals surface area (Å²) >= 11 is 0. The van der Waals surface area contributed by atoms with Crippen LogP contribution in [0.4, 0.5) is 30.8 Å². The lowest BCUT2D eigenvalue weighted by molar-refractivity contribution is -0.174. The van der Waals surface area contributed by atoms with Gasteiger partial charge in [0.25, 0.3) is 0 Å². The van der Waals surface area contributed by atoms with Crippen LogP contribution in [0.15, 0.2) is 24.5 Å². The van der Waals surface area contributed by atoms with Crippen molar-refractivity contribution in [3.8, 4) is 0 Å². The van der Waals surface area contributed by atoms with Crippen molar-refractivity contribution in [2.45, 2.75) is 45.6 Å². The van der Waals surface area contributed by atoms with E-state index < -0.39 is 12.8 Å². The van der Waals surface area contributed by atoms with Crippen LogP contribution in [0, 0.1) is 6.92 Å². The van der Waals surface area contributed by atoms with Crippen LogP contribution in [-0.2, 0) is 11.3 Å². The fourth-order valence-electron chi connectivity index (χ4n) is 3.88. The summed E-state index contributed by atoms with van der Waals surface area (Å²) in [5.41, 5.74) is 2.18. The molecule has 178 valence electrons. The molecule has 1 aliphatic heterocycles. The molecule has 12 heteroatoms. The van der Waals surface area contributed by atoms with E-state index in [4.69, 9.17) is 14.7 Å². The molecule has 2 N–H and O–H groups in total. The highest BCUT2D eigenvalue weighted by Crippen LogP contribution is 2.27. The summed E-state index contributed by atoms with van der Waals surface area (Å²) in [5, 5.41) is 11.0. The van der Waals surface area contributed by atoms with Gasteiger partial charge in [0, 0.05) is 31.4 Å². The predicted octanol–water partition coefficient (Wildman–Crippen LogP) is 3.04. The minimum absolute atomic E-state index is 0.125. The molecule has 3 aromatic heterocycles. The SMILES string of the molecule is Cc1ccc(Nc2nc(N3C[C@@H](C)N[C@@H](C)C3)nc3cnn(CCOCC(F)(F)F)c23)nc1. The lowest BCUT2D eigenvalue weighted by Crippen LogP contribution is -2.54. The molecule has 4 rings (SSSR count). The van der Waals surface area contributed by atoms with Gasteiger partial charge in [-0.15, -0.1) is 0 Å².